The van der Waals surface area contributed by atoms with Crippen LogP contribution in [0.3, 0.4) is 0 Å². The number of carbonyl (C=O) groups excluding carboxylic acids is 1. The van der Waals surface area contributed by atoms with E-state index in [4.69, 9.17) is 32.7 Å². The fourth-order valence-corrected chi connectivity index (χ4v) is 3.33. The van der Waals surface area contributed by atoms with Gasteiger partial charge in [0.15, 0.2) is 5.76 Å². The second-order valence-electron chi connectivity index (χ2n) is 6.53. The van der Waals surface area contributed by atoms with Crippen molar-refractivity contribution in [3.8, 4) is 11.5 Å². The average Bonchev–Trinajstić information content (AvgIpc) is 2.98. The zero-order valence-corrected chi connectivity index (χ0v) is 16.6. The third kappa shape index (κ3) is 3.91. The highest BCUT2D eigenvalue weighted by molar-refractivity contribution is 6.35. The zero-order valence-electron chi connectivity index (χ0n) is 15.0. The van der Waals surface area contributed by atoms with E-state index in [1.165, 1.54) is 0 Å². The smallest absolute Gasteiger partial charge is 0.231 e. The molecule has 28 heavy (non-hydrogen) atoms. The quantitative estimate of drug-likeness (QED) is 0.460. The van der Waals surface area contributed by atoms with Gasteiger partial charge in [-0.05, 0) is 42.8 Å². The molecular formula is C23H16Cl2O3. The summed E-state index contributed by atoms with van der Waals surface area (Å²) in [5, 5.41) is 1.12. The van der Waals surface area contributed by atoms with Crippen LogP contribution >= 0.6 is 23.2 Å². The van der Waals surface area contributed by atoms with Crippen molar-refractivity contribution in [1.82, 2.24) is 0 Å². The van der Waals surface area contributed by atoms with Crippen LogP contribution in [0, 0.1) is 6.92 Å². The molecule has 0 saturated heterocycles. The van der Waals surface area contributed by atoms with Gasteiger partial charge in [0.2, 0.25) is 5.78 Å². The SMILES string of the molecule is Cc1ccc(/C=C2\Oc3cc(OCc4ccc(Cl)cc4Cl)ccc3C2=O)cc1. The van der Waals surface area contributed by atoms with E-state index >= 15 is 0 Å². The normalized spacial score (nSPS) is 14.1. The first-order valence-corrected chi connectivity index (χ1v) is 9.47. The molecule has 0 N–H and O–H groups in total. The molecule has 0 unspecified atom stereocenters. The van der Waals surface area contributed by atoms with Crippen molar-refractivity contribution in [3.63, 3.8) is 0 Å². The summed E-state index contributed by atoms with van der Waals surface area (Å²) in [6.07, 6.45) is 1.75. The number of allylic oxidation sites excluding steroid dienone is 1. The minimum Gasteiger partial charge on any atom is -0.489 e. The Morgan fingerprint density at radius 2 is 1.79 bits per heavy atom. The number of rotatable bonds is 4. The molecule has 1 aliphatic heterocycles. The lowest BCUT2D eigenvalue weighted by molar-refractivity contribution is 0.101. The minimum atomic E-state index is -0.136. The second-order valence-corrected chi connectivity index (χ2v) is 7.38. The molecule has 140 valence electrons. The van der Waals surface area contributed by atoms with Gasteiger partial charge in [0.1, 0.15) is 18.1 Å². The lowest BCUT2D eigenvalue weighted by atomic mass is 10.1. The first-order valence-electron chi connectivity index (χ1n) is 8.71. The van der Waals surface area contributed by atoms with Gasteiger partial charge in [0.25, 0.3) is 0 Å². The number of halogens is 2. The zero-order chi connectivity index (χ0) is 19.7. The Labute approximate surface area is 173 Å². The summed E-state index contributed by atoms with van der Waals surface area (Å²) in [4.78, 5) is 12.6. The third-order valence-electron chi connectivity index (χ3n) is 4.43. The number of Topliss-reactive ketones (excluding diaryl/α,β-unsaturated/α-hetero) is 1. The Kier molecular flexibility index (Phi) is 5.12. The van der Waals surface area contributed by atoms with E-state index in [0.29, 0.717) is 32.9 Å². The van der Waals surface area contributed by atoms with Crippen LogP contribution in [-0.4, -0.2) is 5.78 Å². The molecular weight excluding hydrogens is 395 g/mol. The predicted molar refractivity (Wildman–Crippen MR) is 111 cm³/mol. The number of fused-ring (bicyclic) bond motifs is 1. The van der Waals surface area contributed by atoms with Crippen LogP contribution in [0.15, 0.2) is 66.4 Å². The fraction of sp³-hybridized carbons (Fsp3) is 0.0870. The molecule has 3 nitrogen and oxygen atoms in total. The second kappa shape index (κ2) is 7.70. The summed E-state index contributed by atoms with van der Waals surface area (Å²) in [5.41, 5.74) is 3.42. The van der Waals surface area contributed by atoms with Crippen LogP contribution in [0.25, 0.3) is 6.08 Å². The van der Waals surface area contributed by atoms with Crippen LogP contribution < -0.4 is 9.47 Å². The molecule has 0 saturated carbocycles. The van der Waals surface area contributed by atoms with Crippen molar-refractivity contribution >= 4 is 35.1 Å². The summed E-state index contributed by atoms with van der Waals surface area (Å²) < 4.78 is 11.6. The summed E-state index contributed by atoms with van der Waals surface area (Å²) in [6.45, 7) is 2.30. The van der Waals surface area contributed by atoms with E-state index in [1.807, 2.05) is 37.3 Å². The summed E-state index contributed by atoms with van der Waals surface area (Å²) in [6, 6.07) is 18.3. The summed E-state index contributed by atoms with van der Waals surface area (Å²) >= 11 is 12.1. The van der Waals surface area contributed by atoms with Crippen LogP contribution in [0.5, 0.6) is 11.5 Å². The van der Waals surface area contributed by atoms with Gasteiger partial charge in [-0.3, -0.25) is 4.79 Å². The summed E-state index contributed by atoms with van der Waals surface area (Å²) in [5.74, 6) is 1.25. The van der Waals surface area contributed by atoms with Crippen LogP contribution in [0.2, 0.25) is 10.0 Å². The minimum absolute atomic E-state index is 0.136. The molecule has 5 heteroatoms. The van der Waals surface area contributed by atoms with E-state index in [2.05, 4.69) is 0 Å². The van der Waals surface area contributed by atoms with Crippen LogP contribution in [-0.2, 0) is 6.61 Å². The highest BCUT2D eigenvalue weighted by Crippen LogP contribution is 2.35. The molecule has 0 spiro atoms. The van der Waals surface area contributed by atoms with E-state index in [0.717, 1.165) is 16.7 Å². The van der Waals surface area contributed by atoms with E-state index < -0.39 is 0 Å². The van der Waals surface area contributed by atoms with Crippen molar-refractivity contribution in [2.24, 2.45) is 0 Å². The van der Waals surface area contributed by atoms with Gasteiger partial charge in [0, 0.05) is 21.7 Å². The van der Waals surface area contributed by atoms with Crippen molar-refractivity contribution in [1.29, 1.82) is 0 Å². The van der Waals surface area contributed by atoms with E-state index in [1.54, 1.807) is 36.4 Å². The van der Waals surface area contributed by atoms with E-state index in [-0.39, 0.29) is 12.4 Å². The first kappa shape index (κ1) is 18.6. The molecule has 0 fully saturated rings. The van der Waals surface area contributed by atoms with Crippen LogP contribution in [0.1, 0.15) is 27.0 Å². The molecule has 3 aromatic carbocycles. The van der Waals surface area contributed by atoms with Gasteiger partial charge >= 0.3 is 0 Å². The molecule has 0 aliphatic carbocycles. The number of hydrogen-bond donors (Lipinski definition) is 0. The van der Waals surface area contributed by atoms with Crippen molar-refractivity contribution < 1.29 is 14.3 Å². The summed E-state index contributed by atoms with van der Waals surface area (Å²) in [7, 11) is 0. The van der Waals surface area contributed by atoms with E-state index in [9.17, 15) is 4.79 Å². The number of ketones is 1. The van der Waals surface area contributed by atoms with Crippen molar-refractivity contribution in [2.45, 2.75) is 13.5 Å². The number of ether oxygens (including phenoxy) is 2. The van der Waals surface area contributed by atoms with Gasteiger partial charge in [-0.2, -0.15) is 0 Å². The molecule has 0 atom stereocenters. The molecule has 1 aliphatic rings. The maximum Gasteiger partial charge on any atom is 0.231 e. The molecule has 0 bridgehead atoms. The number of hydrogen-bond acceptors (Lipinski definition) is 3. The Bertz CT molecular complexity index is 1090. The highest BCUT2D eigenvalue weighted by Gasteiger charge is 2.27. The lowest BCUT2D eigenvalue weighted by Gasteiger charge is -2.09. The van der Waals surface area contributed by atoms with Gasteiger partial charge in [-0.15, -0.1) is 0 Å². The highest BCUT2D eigenvalue weighted by atomic mass is 35.5. The number of carbonyl (C=O) groups is 1. The molecule has 0 aromatic heterocycles. The maximum absolute atomic E-state index is 12.6. The Balaban J connectivity index is 1.51. The van der Waals surface area contributed by atoms with Gasteiger partial charge < -0.3 is 9.47 Å². The van der Waals surface area contributed by atoms with Crippen molar-refractivity contribution in [3.05, 3.63) is 98.7 Å². The average molecular weight is 411 g/mol. The molecule has 1 heterocycles. The molecule has 4 rings (SSSR count). The molecule has 3 aromatic rings. The maximum atomic E-state index is 12.6. The Morgan fingerprint density at radius 1 is 1.00 bits per heavy atom. The fourth-order valence-electron chi connectivity index (χ4n) is 2.87. The Hall–Kier alpha value is -2.75. The molecule has 0 amide bonds. The van der Waals surface area contributed by atoms with Gasteiger partial charge in [-0.1, -0.05) is 59.1 Å². The first-order chi connectivity index (χ1) is 13.5. The van der Waals surface area contributed by atoms with Crippen LogP contribution in [0.4, 0.5) is 0 Å². The molecule has 0 radical (unpaired) electrons. The number of aryl methyl sites for hydroxylation is 1. The largest absolute Gasteiger partial charge is 0.489 e. The topological polar surface area (TPSA) is 35.5 Å². The lowest BCUT2D eigenvalue weighted by Crippen LogP contribution is -1.98. The predicted octanol–water partition coefficient (Wildman–Crippen LogP) is 6.50. The number of benzene rings is 3. The van der Waals surface area contributed by atoms with Gasteiger partial charge in [-0.25, -0.2) is 0 Å². The van der Waals surface area contributed by atoms with Crippen molar-refractivity contribution in [2.75, 3.05) is 0 Å². The van der Waals surface area contributed by atoms with Gasteiger partial charge in [0.05, 0.1) is 5.56 Å². The standard InChI is InChI=1S/C23H16Cl2O3/c1-14-2-4-15(5-3-14)10-22-23(26)19-9-8-18(12-21(19)28-22)27-13-16-6-7-17(24)11-20(16)25/h2-12H,13H2,1H3/b22-10-. The third-order valence-corrected chi connectivity index (χ3v) is 5.01. The monoisotopic (exact) mass is 410 g/mol. The Morgan fingerprint density at radius 3 is 2.54 bits per heavy atom.